The molecule has 0 aromatic rings. The van der Waals surface area contributed by atoms with E-state index in [1.54, 1.807) is 0 Å². The van der Waals surface area contributed by atoms with Crippen LogP contribution in [0.15, 0.2) is 134 Å². The van der Waals surface area contributed by atoms with E-state index in [9.17, 15) is 14.4 Å². The van der Waals surface area contributed by atoms with Gasteiger partial charge in [-0.25, -0.2) is 0 Å². The third kappa shape index (κ3) is 58.4. The van der Waals surface area contributed by atoms with Crippen molar-refractivity contribution >= 4 is 17.9 Å². The van der Waals surface area contributed by atoms with E-state index in [1.807, 2.05) is 0 Å². The molecule has 0 spiro atoms. The first-order chi connectivity index (χ1) is 36.5. The summed E-state index contributed by atoms with van der Waals surface area (Å²) in [5.74, 6) is -0.961. The van der Waals surface area contributed by atoms with E-state index in [0.29, 0.717) is 19.3 Å². The number of hydrogen-bond donors (Lipinski definition) is 0. The standard InChI is InChI=1S/C68H110O6/c1-4-7-10-13-16-19-22-25-27-28-29-30-31-32-33-34-35-36-37-38-39-40-42-43-46-49-52-55-58-61-67(70)73-64-65(63-72-66(69)60-57-54-51-48-45-24-21-18-15-12-9-6-3)74-68(71)62-59-56-53-50-47-44-41-26-23-20-17-14-11-8-5-2/h7-8,10-11,16-21,25-27,29-30,32-33,35-36,41,47,50,65H,4-6,9,12-15,22-24,28,31,34,37-40,42-46,48-49,51-64H2,1-3H3/b10-7-,11-8-,19-16-,20-17-,21-18-,27-25-,30-29-,33-32-,36-35-,41-26-,50-47-. The molecule has 6 nitrogen and oxygen atoms in total. The predicted octanol–water partition coefficient (Wildman–Crippen LogP) is 20.6. The summed E-state index contributed by atoms with van der Waals surface area (Å²) in [6, 6.07) is 0. The summed E-state index contributed by atoms with van der Waals surface area (Å²) in [7, 11) is 0. The number of ether oxygens (including phenoxy) is 3. The highest BCUT2D eigenvalue weighted by Gasteiger charge is 2.19. The summed E-state index contributed by atoms with van der Waals surface area (Å²) >= 11 is 0. The zero-order valence-corrected chi connectivity index (χ0v) is 47.8. The van der Waals surface area contributed by atoms with Gasteiger partial charge in [-0.05, 0) is 135 Å². The van der Waals surface area contributed by atoms with Gasteiger partial charge in [0.25, 0.3) is 0 Å². The van der Waals surface area contributed by atoms with Gasteiger partial charge >= 0.3 is 17.9 Å². The van der Waals surface area contributed by atoms with Crippen molar-refractivity contribution in [2.24, 2.45) is 0 Å². The molecule has 0 aromatic heterocycles. The second-order valence-corrected chi connectivity index (χ2v) is 19.5. The highest BCUT2D eigenvalue weighted by atomic mass is 16.6. The molecule has 0 N–H and O–H groups in total. The molecule has 0 bridgehead atoms. The van der Waals surface area contributed by atoms with E-state index < -0.39 is 6.10 Å². The molecule has 0 saturated heterocycles. The molecule has 0 aromatic carbocycles. The van der Waals surface area contributed by atoms with E-state index in [2.05, 4.69) is 154 Å². The van der Waals surface area contributed by atoms with Gasteiger partial charge < -0.3 is 14.2 Å². The average Bonchev–Trinajstić information content (AvgIpc) is 3.40. The minimum absolute atomic E-state index is 0.103. The third-order valence-electron chi connectivity index (χ3n) is 12.4. The van der Waals surface area contributed by atoms with Gasteiger partial charge in [-0.15, -0.1) is 0 Å². The zero-order chi connectivity index (χ0) is 53.6. The van der Waals surface area contributed by atoms with Crippen molar-refractivity contribution in [3.63, 3.8) is 0 Å². The third-order valence-corrected chi connectivity index (χ3v) is 12.4. The maximum atomic E-state index is 12.8. The Morgan fingerprint density at radius 2 is 0.527 bits per heavy atom. The topological polar surface area (TPSA) is 78.9 Å². The summed E-state index contributed by atoms with van der Waals surface area (Å²) in [5.41, 5.74) is 0. The average molecular weight is 1020 g/mol. The zero-order valence-electron chi connectivity index (χ0n) is 47.8. The summed E-state index contributed by atoms with van der Waals surface area (Å²) < 4.78 is 16.8. The van der Waals surface area contributed by atoms with Crippen LogP contribution in [-0.2, 0) is 28.6 Å². The quantitative estimate of drug-likeness (QED) is 0.0261. The van der Waals surface area contributed by atoms with E-state index in [1.165, 1.54) is 83.5 Å². The minimum atomic E-state index is -0.809. The van der Waals surface area contributed by atoms with Gasteiger partial charge in [0.15, 0.2) is 6.10 Å². The summed E-state index contributed by atoms with van der Waals surface area (Å²) in [5, 5.41) is 0. The fourth-order valence-electron chi connectivity index (χ4n) is 7.90. The molecule has 1 atom stereocenters. The monoisotopic (exact) mass is 1020 g/mol. The Hall–Kier alpha value is -4.45. The molecule has 0 aliphatic rings. The molecule has 0 fully saturated rings. The lowest BCUT2D eigenvalue weighted by atomic mass is 10.1. The number of rotatable bonds is 53. The van der Waals surface area contributed by atoms with Gasteiger partial charge in [-0.2, -0.15) is 0 Å². The normalized spacial score (nSPS) is 13.1. The molecule has 0 aliphatic heterocycles. The minimum Gasteiger partial charge on any atom is -0.462 e. The van der Waals surface area contributed by atoms with Crippen LogP contribution >= 0.6 is 0 Å². The molecule has 0 saturated carbocycles. The first kappa shape index (κ1) is 69.5. The van der Waals surface area contributed by atoms with Gasteiger partial charge in [-0.3, -0.25) is 14.4 Å². The van der Waals surface area contributed by atoms with Crippen LogP contribution in [0.1, 0.15) is 258 Å². The number of hydrogen-bond acceptors (Lipinski definition) is 6. The van der Waals surface area contributed by atoms with Gasteiger partial charge in [0, 0.05) is 19.3 Å². The smallest absolute Gasteiger partial charge is 0.306 e. The number of unbranched alkanes of at least 4 members (excludes halogenated alkanes) is 20. The van der Waals surface area contributed by atoms with Crippen molar-refractivity contribution < 1.29 is 28.6 Å². The van der Waals surface area contributed by atoms with Gasteiger partial charge in [0.2, 0.25) is 0 Å². The first-order valence-corrected chi connectivity index (χ1v) is 30.2. The fourth-order valence-corrected chi connectivity index (χ4v) is 7.90. The maximum Gasteiger partial charge on any atom is 0.306 e. The Labute approximate surface area is 455 Å². The van der Waals surface area contributed by atoms with E-state index in [4.69, 9.17) is 14.2 Å². The molecule has 0 amide bonds. The Morgan fingerprint density at radius 3 is 0.865 bits per heavy atom. The highest BCUT2D eigenvalue weighted by molar-refractivity contribution is 5.71. The second-order valence-electron chi connectivity index (χ2n) is 19.5. The highest BCUT2D eigenvalue weighted by Crippen LogP contribution is 2.14. The van der Waals surface area contributed by atoms with Crippen LogP contribution in [-0.4, -0.2) is 37.2 Å². The number of carbonyl (C=O) groups excluding carboxylic acids is 3. The Bertz CT molecular complexity index is 1600. The van der Waals surface area contributed by atoms with Crippen LogP contribution in [0.3, 0.4) is 0 Å². The fraction of sp³-hybridized carbons (Fsp3) is 0.632. The van der Waals surface area contributed by atoms with E-state index >= 15 is 0 Å². The van der Waals surface area contributed by atoms with Crippen molar-refractivity contribution in [1.29, 1.82) is 0 Å². The lowest BCUT2D eigenvalue weighted by Crippen LogP contribution is -2.30. The van der Waals surface area contributed by atoms with E-state index in [0.717, 1.165) is 128 Å². The summed E-state index contributed by atoms with van der Waals surface area (Å²) in [6.45, 7) is 6.34. The summed E-state index contributed by atoms with van der Waals surface area (Å²) in [4.78, 5) is 38.1. The van der Waals surface area contributed by atoms with Crippen molar-refractivity contribution in [3.8, 4) is 0 Å². The number of carbonyl (C=O) groups is 3. The molecule has 0 radical (unpaired) electrons. The van der Waals surface area contributed by atoms with Crippen molar-refractivity contribution in [3.05, 3.63) is 134 Å². The molecule has 0 heterocycles. The van der Waals surface area contributed by atoms with Crippen LogP contribution in [0.5, 0.6) is 0 Å². The molecule has 1 unspecified atom stereocenters. The van der Waals surface area contributed by atoms with Crippen LogP contribution in [0.25, 0.3) is 0 Å². The summed E-state index contributed by atoms with van der Waals surface area (Å²) in [6.07, 6.45) is 86.0. The number of esters is 3. The van der Waals surface area contributed by atoms with Gasteiger partial charge in [0.1, 0.15) is 13.2 Å². The maximum absolute atomic E-state index is 12.8. The van der Waals surface area contributed by atoms with Crippen molar-refractivity contribution in [1.82, 2.24) is 0 Å². The SMILES string of the molecule is CC/C=C\C/C=C\C/C=C\C/C=C\C/C=C\C/C=C\CCCCCCCCCCCCC(=O)OCC(COC(=O)CCCCCCC/C=C\CCCCC)OC(=O)CCCC/C=C\C/C=C\C/C=C\C/C=C\CC. The Balaban J connectivity index is 4.32. The number of allylic oxidation sites excluding steroid dienone is 22. The molecule has 0 aliphatic carbocycles. The molecule has 74 heavy (non-hydrogen) atoms. The Morgan fingerprint density at radius 1 is 0.284 bits per heavy atom. The largest absolute Gasteiger partial charge is 0.462 e. The van der Waals surface area contributed by atoms with Crippen LogP contribution in [0, 0.1) is 0 Å². The Kier molecular flexibility index (Phi) is 57.4. The lowest BCUT2D eigenvalue weighted by molar-refractivity contribution is -0.167. The molecular weight excluding hydrogens is 913 g/mol. The van der Waals surface area contributed by atoms with Crippen LogP contribution in [0.2, 0.25) is 0 Å². The predicted molar refractivity (Wildman–Crippen MR) is 320 cm³/mol. The van der Waals surface area contributed by atoms with Crippen LogP contribution in [0.4, 0.5) is 0 Å². The van der Waals surface area contributed by atoms with Crippen LogP contribution < -0.4 is 0 Å². The first-order valence-electron chi connectivity index (χ1n) is 30.2. The second kappa shape index (κ2) is 61.1. The lowest BCUT2D eigenvalue weighted by Gasteiger charge is -2.18. The molecule has 418 valence electrons. The van der Waals surface area contributed by atoms with Gasteiger partial charge in [0.05, 0.1) is 0 Å². The molecule has 0 rings (SSSR count). The molecule has 6 heteroatoms. The van der Waals surface area contributed by atoms with Crippen molar-refractivity contribution in [2.75, 3.05) is 13.2 Å². The van der Waals surface area contributed by atoms with E-state index in [-0.39, 0.29) is 37.5 Å². The van der Waals surface area contributed by atoms with Gasteiger partial charge in [-0.1, -0.05) is 238 Å². The molecular formula is C68H110O6. The van der Waals surface area contributed by atoms with Crippen molar-refractivity contribution in [2.45, 2.75) is 264 Å².